The van der Waals surface area contributed by atoms with Crippen molar-refractivity contribution >= 4 is 52.4 Å². The number of nitrogens with two attached hydrogens (primary N) is 1. The Bertz CT molecular complexity index is 1520. The van der Waals surface area contributed by atoms with Crippen LogP contribution in [-0.2, 0) is 0 Å². The topological polar surface area (TPSA) is 139 Å². The van der Waals surface area contributed by atoms with Crippen LogP contribution in [0, 0.1) is 6.92 Å². The Kier molecular flexibility index (Phi) is 8.88. The molecule has 0 aliphatic heterocycles. The van der Waals surface area contributed by atoms with Gasteiger partial charge in [0.15, 0.2) is 0 Å². The molecule has 1 atom stereocenters. The number of ether oxygens (including phenoxy) is 1. The zero-order chi connectivity index (χ0) is 25.8. The highest BCUT2D eigenvalue weighted by Crippen LogP contribution is 2.21. The minimum atomic E-state index is -0.617. The van der Waals surface area contributed by atoms with E-state index in [9.17, 15) is 14.4 Å². The maximum absolute atomic E-state index is 13.0. The van der Waals surface area contributed by atoms with Gasteiger partial charge in [0, 0.05) is 40.5 Å². The predicted molar refractivity (Wildman–Crippen MR) is 146 cm³/mol. The number of H-pyrrole nitrogens is 1. The van der Waals surface area contributed by atoms with E-state index in [-0.39, 0.29) is 30.4 Å². The third-order valence-corrected chi connectivity index (χ3v) is 5.93. The summed E-state index contributed by atoms with van der Waals surface area (Å²) in [5, 5.41) is 6.73. The van der Waals surface area contributed by atoms with Crippen LogP contribution in [0.3, 0.4) is 0 Å². The molecule has 0 fully saturated rings. The SMILES string of the molecule is COc1cc2[nH]c(=O)c(C(=O)Nc3cc(C(=O)NC(CN)c4cccc(Cl)c4)ccc3C)cc2cn1.Cl. The first-order valence-corrected chi connectivity index (χ1v) is 11.4. The Morgan fingerprint density at radius 2 is 1.92 bits per heavy atom. The van der Waals surface area contributed by atoms with Crippen molar-refractivity contribution in [3.8, 4) is 5.88 Å². The van der Waals surface area contributed by atoms with Crippen molar-refractivity contribution in [3.05, 3.63) is 98.4 Å². The lowest BCUT2D eigenvalue weighted by Gasteiger charge is -2.18. The molecule has 0 radical (unpaired) electrons. The average molecular weight is 542 g/mol. The lowest BCUT2D eigenvalue weighted by atomic mass is 10.1. The molecular weight excluding hydrogens is 517 g/mol. The number of halogens is 2. The second-order valence-electron chi connectivity index (χ2n) is 8.13. The highest BCUT2D eigenvalue weighted by Gasteiger charge is 2.18. The number of rotatable bonds is 7. The highest BCUT2D eigenvalue weighted by molar-refractivity contribution is 6.30. The van der Waals surface area contributed by atoms with E-state index < -0.39 is 17.5 Å². The van der Waals surface area contributed by atoms with Crippen LogP contribution in [-0.4, -0.2) is 35.4 Å². The van der Waals surface area contributed by atoms with E-state index in [0.717, 1.165) is 5.56 Å². The fourth-order valence-electron chi connectivity index (χ4n) is 3.69. The number of carbonyl (C=O) groups is 2. The summed E-state index contributed by atoms with van der Waals surface area (Å²) in [6.07, 6.45) is 1.50. The Morgan fingerprint density at radius 3 is 2.62 bits per heavy atom. The number of hydrogen-bond donors (Lipinski definition) is 4. The van der Waals surface area contributed by atoms with Crippen LogP contribution < -0.4 is 26.7 Å². The number of aromatic nitrogens is 2. The minimum Gasteiger partial charge on any atom is -0.481 e. The number of aryl methyl sites for hydroxylation is 1. The zero-order valence-corrected chi connectivity index (χ0v) is 21.6. The molecule has 2 heterocycles. The third kappa shape index (κ3) is 6.26. The zero-order valence-electron chi connectivity index (χ0n) is 20.0. The number of aromatic amines is 1. The highest BCUT2D eigenvalue weighted by atomic mass is 35.5. The molecule has 5 N–H and O–H groups in total. The van der Waals surface area contributed by atoms with Crippen molar-refractivity contribution in [2.75, 3.05) is 19.0 Å². The summed E-state index contributed by atoms with van der Waals surface area (Å²) >= 11 is 6.07. The van der Waals surface area contributed by atoms with Gasteiger partial charge in [0.25, 0.3) is 17.4 Å². The van der Waals surface area contributed by atoms with Gasteiger partial charge in [-0.1, -0.05) is 29.8 Å². The van der Waals surface area contributed by atoms with Crippen LogP contribution in [0.4, 0.5) is 5.69 Å². The molecular formula is C26H25Cl2N5O4. The van der Waals surface area contributed by atoms with E-state index in [1.165, 1.54) is 19.4 Å². The fraction of sp³-hybridized carbons (Fsp3) is 0.154. The van der Waals surface area contributed by atoms with Gasteiger partial charge < -0.3 is 26.1 Å². The number of amides is 2. The Balaban J connectivity index is 0.00000380. The van der Waals surface area contributed by atoms with Crippen molar-refractivity contribution in [2.45, 2.75) is 13.0 Å². The summed E-state index contributed by atoms with van der Waals surface area (Å²) in [5.41, 5.74) is 7.93. The number of benzene rings is 2. The molecule has 192 valence electrons. The molecule has 0 aliphatic rings. The Hall–Kier alpha value is -3.92. The van der Waals surface area contributed by atoms with Gasteiger partial charge in [-0.2, -0.15) is 0 Å². The second kappa shape index (κ2) is 11.9. The number of pyridine rings is 2. The van der Waals surface area contributed by atoms with E-state index in [1.54, 1.807) is 49.4 Å². The summed E-state index contributed by atoms with van der Waals surface area (Å²) in [6, 6.07) is 14.6. The number of methoxy groups -OCH3 is 1. The lowest BCUT2D eigenvalue weighted by Crippen LogP contribution is -2.33. The van der Waals surface area contributed by atoms with E-state index in [4.69, 9.17) is 22.1 Å². The van der Waals surface area contributed by atoms with Gasteiger partial charge in [-0.15, -0.1) is 12.4 Å². The van der Waals surface area contributed by atoms with Crippen molar-refractivity contribution in [1.82, 2.24) is 15.3 Å². The summed E-state index contributed by atoms with van der Waals surface area (Å²) in [5.74, 6) is -0.647. The molecule has 0 bridgehead atoms. The van der Waals surface area contributed by atoms with Crippen molar-refractivity contribution in [3.63, 3.8) is 0 Å². The maximum atomic E-state index is 13.0. The number of nitrogens with zero attached hydrogens (tertiary/aromatic N) is 1. The molecule has 37 heavy (non-hydrogen) atoms. The van der Waals surface area contributed by atoms with Crippen LogP contribution in [0.15, 0.2) is 65.6 Å². The summed E-state index contributed by atoms with van der Waals surface area (Å²) < 4.78 is 5.07. The molecule has 9 nitrogen and oxygen atoms in total. The molecule has 0 spiro atoms. The van der Waals surface area contributed by atoms with Crippen LogP contribution in [0.25, 0.3) is 10.9 Å². The summed E-state index contributed by atoms with van der Waals surface area (Å²) in [6.45, 7) is 1.96. The number of nitrogens with one attached hydrogen (secondary N) is 3. The van der Waals surface area contributed by atoms with Gasteiger partial charge in [-0.05, 0) is 48.4 Å². The molecule has 4 aromatic rings. The standard InChI is InChI=1S/C26H24ClN5O4.ClH/c1-14-6-7-16(24(33)32-22(12-28)15-4-3-5-18(27)8-15)10-20(14)30-25(34)19-9-17-13-29-23(36-2)11-21(17)31-26(19)35;/h3-11,13,22H,12,28H2,1-2H3,(H,30,34)(H,31,35)(H,32,33);1H. The quantitative estimate of drug-likeness (QED) is 0.279. The summed E-state index contributed by atoms with van der Waals surface area (Å²) in [4.78, 5) is 45.3. The molecule has 0 saturated carbocycles. The monoisotopic (exact) mass is 541 g/mol. The van der Waals surface area contributed by atoms with Gasteiger partial charge in [-0.25, -0.2) is 4.98 Å². The smallest absolute Gasteiger partial charge is 0.261 e. The number of carbonyl (C=O) groups excluding carboxylic acids is 2. The molecule has 0 saturated heterocycles. The van der Waals surface area contributed by atoms with Gasteiger partial charge in [0.1, 0.15) is 5.56 Å². The van der Waals surface area contributed by atoms with Crippen LogP contribution in [0.1, 0.15) is 37.9 Å². The van der Waals surface area contributed by atoms with Gasteiger partial charge in [-0.3, -0.25) is 14.4 Å². The van der Waals surface area contributed by atoms with E-state index in [2.05, 4.69) is 20.6 Å². The molecule has 4 rings (SSSR count). The second-order valence-corrected chi connectivity index (χ2v) is 8.56. The van der Waals surface area contributed by atoms with Crippen molar-refractivity contribution in [2.24, 2.45) is 5.73 Å². The van der Waals surface area contributed by atoms with Crippen LogP contribution in [0.2, 0.25) is 5.02 Å². The van der Waals surface area contributed by atoms with E-state index in [0.29, 0.717) is 38.6 Å². The third-order valence-electron chi connectivity index (χ3n) is 5.70. The first-order chi connectivity index (χ1) is 17.3. The summed E-state index contributed by atoms with van der Waals surface area (Å²) in [7, 11) is 1.47. The normalized spacial score (nSPS) is 11.4. The number of fused-ring (bicyclic) bond motifs is 1. The molecule has 11 heteroatoms. The average Bonchev–Trinajstić information content (AvgIpc) is 2.87. The van der Waals surface area contributed by atoms with E-state index >= 15 is 0 Å². The molecule has 2 aromatic heterocycles. The van der Waals surface area contributed by atoms with Crippen LogP contribution in [0.5, 0.6) is 5.88 Å². The Labute approximate surface area is 223 Å². The first kappa shape index (κ1) is 27.7. The molecule has 1 unspecified atom stereocenters. The molecule has 2 aromatic carbocycles. The maximum Gasteiger partial charge on any atom is 0.261 e. The number of anilines is 1. The van der Waals surface area contributed by atoms with Crippen molar-refractivity contribution < 1.29 is 14.3 Å². The minimum absolute atomic E-state index is 0. The first-order valence-electron chi connectivity index (χ1n) is 11.0. The van der Waals surface area contributed by atoms with Crippen LogP contribution >= 0.6 is 24.0 Å². The largest absolute Gasteiger partial charge is 0.481 e. The molecule has 2 amide bonds. The van der Waals surface area contributed by atoms with Crippen molar-refractivity contribution in [1.29, 1.82) is 0 Å². The predicted octanol–water partition coefficient (Wildman–Crippen LogP) is 4.00. The lowest BCUT2D eigenvalue weighted by molar-refractivity contribution is 0.0936. The molecule has 0 aliphatic carbocycles. The van der Waals surface area contributed by atoms with Gasteiger partial charge in [0.05, 0.1) is 18.7 Å². The fourth-order valence-corrected chi connectivity index (χ4v) is 3.89. The van der Waals surface area contributed by atoms with E-state index in [1.807, 2.05) is 6.07 Å². The number of hydrogen-bond acceptors (Lipinski definition) is 6. The van der Waals surface area contributed by atoms with Gasteiger partial charge >= 0.3 is 0 Å². The van der Waals surface area contributed by atoms with Gasteiger partial charge in [0.2, 0.25) is 5.88 Å². The Morgan fingerprint density at radius 1 is 1.14 bits per heavy atom.